The quantitative estimate of drug-likeness (QED) is 0.302. The lowest BCUT2D eigenvalue weighted by atomic mass is 9.88. The second kappa shape index (κ2) is 5.56. The van der Waals surface area contributed by atoms with E-state index in [1.807, 2.05) is 0 Å². The van der Waals surface area contributed by atoms with Crippen molar-refractivity contribution in [1.82, 2.24) is 0 Å². The monoisotopic (exact) mass is 341 g/mol. The van der Waals surface area contributed by atoms with Gasteiger partial charge < -0.3 is 0 Å². The lowest BCUT2D eigenvalue weighted by Gasteiger charge is -2.14. The van der Waals surface area contributed by atoms with E-state index in [1.54, 1.807) is 0 Å². The Morgan fingerprint density at radius 2 is 0.852 bits per heavy atom. The van der Waals surface area contributed by atoms with Crippen LogP contribution in [0.2, 0.25) is 0 Å². The van der Waals surface area contributed by atoms with E-state index in [4.69, 9.17) is 0 Å². The van der Waals surface area contributed by atoms with Crippen LogP contribution in [0, 0.1) is 5.92 Å². The van der Waals surface area contributed by atoms with Crippen molar-refractivity contribution < 1.29 is 0 Å². The van der Waals surface area contributed by atoms with E-state index in [0.717, 1.165) is 0 Å². The van der Waals surface area contributed by atoms with Gasteiger partial charge in [-0.05, 0) is 49.4 Å². The molecule has 0 aliphatic heterocycles. The van der Waals surface area contributed by atoms with Crippen LogP contribution in [-0.4, -0.2) is 0 Å². The Hall–Kier alpha value is -3.38. The van der Waals surface area contributed by atoms with E-state index in [0.29, 0.717) is 0 Å². The number of hydrogen-bond acceptors (Lipinski definition) is 0. The highest BCUT2D eigenvalue weighted by molar-refractivity contribution is 6.12. The predicted octanol–water partition coefficient (Wildman–Crippen LogP) is 6.99. The summed E-state index contributed by atoms with van der Waals surface area (Å²) in [7, 11) is 0. The van der Waals surface area contributed by atoms with Gasteiger partial charge in [-0.3, -0.25) is 0 Å². The van der Waals surface area contributed by atoms with E-state index in [2.05, 4.69) is 103 Å². The molecule has 1 aliphatic rings. The first-order chi connectivity index (χ1) is 13.4. The van der Waals surface area contributed by atoms with E-state index < -0.39 is 0 Å². The first kappa shape index (κ1) is 14.8. The summed E-state index contributed by atoms with van der Waals surface area (Å²) >= 11 is 0. The highest BCUT2D eigenvalue weighted by Gasteiger charge is 2.33. The van der Waals surface area contributed by atoms with Gasteiger partial charge in [0.05, 0.1) is 5.92 Å². The van der Waals surface area contributed by atoms with Crippen LogP contribution in [-0.2, 0) is 0 Å². The minimum absolute atomic E-state index is 1.28. The first-order valence-corrected chi connectivity index (χ1v) is 9.39. The third-order valence-corrected chi connectivity index (χ3v) is 5.71. The molecular formula is C27H17. The van der Waals surface area contributed by atoms with Crippen molar-refractivity contribution in [2.45, 2.75) is 0 Å². The summed E-state index contributed by atoms with van der Waals surface area (Å²) in [6.45, 7) is 0. The lowest BCUT2D eigenvalue weighted by molar-refractivity contribution is 1.29. The normalized spacial score (nSPS) is 13.0. The van der Waals surface area contributed by atoms with Gasteiger partial charge in [-0.25, -0.2) is 0 Å². The predicted molar refractivity (Wildman–Crippen MR) is 114 cm³/mol. The zero-order chi connectivity index (χ0) is 17.8. The molecule has 0 heterocycles. The SMILES string of the molecule is c1ccc([C]2c3ccc4ccccc4c3-c3c2ccc2ccccc32)cc1. The van der Waals surface area contributed by atoms with Crippen molar-refractivity contribution in [3.63, 3.8) is 0 Å². The molecule has 0 spiro atoms. The van der Waals surface area contributed by atoms with Crippen LogP contribution < -0.4 is 0 Å². The molecule has 0 amide bonds. The Bertz CT molecular complexity index is 1230. The molecule has 0 bridgehead atoms. The minimum atomic E-state index is 1.28. The molecule has 0 saturated heterocycles. The number of benzene rings is 5. The molecule has 27 heavy (non-hydrogen) atoms. The molecule has 1 radical (unpaired) electrons. The molecule has 0 heteroatoms. The van der Waals surface area contributed by atoms with Crippen molar-refractivity contribution in [3.8, 4) is 11.1 Å². The summed E-state index contributed by atoms with van der Waals surface area (Å²) in [5, 5.41) is 5.26. The first-order valence-electron chi connectivity index (χ1n) is 9.39. The second-order valence-electron chi connectivity index (χ2n) is 7.16. The molecule has 0 saturated carbocycles. The Kier molecular flexibility index (Phi) is 3.04. The summed E-state index contributed by atoms with van der Waals surface area (Å²) in [5.41, 5.74) is 6.71. The van der Waals surface area contributed by atoms with Gasteiger partial charge in [0.1, 0.15) is 0 Å². The summed E-state index contributed by atoms with van der Waals surface area (Å²) in [6.07, 6.45) is 0. The molecule has 0 fully saturated rings. The van der Waals surface area contributed by atoms with Gasteiger partial charge >= 0.3 is 0 Å². The number of rotatable bonds is 1. The van der Waals surface area contributed by atoms with E-state index in [1.165, 1.54) is 55.3 Å². The maximum Gasteiger partial charge on any atom is 0.0642 e. The largest absolute Gasteiger partial charge is 0.0642 e. The third kappa shape index (κ3) is 2.04. The molecule has 5 aromatic carbocycles. The van der Waals surface area contributed by atoms with Gasteiger partial charge in [-0.2, -0.15) is 0 Å². The van der Waals surface area contributed by atoms with Crippen molar-refractivity contribution in [2.24, 2.45) is 0 Å². The Balaban J connectivity index is 1.81. The van der Waals surface area contributed by atoms with Crippen LogP contribution in [0.25, 0.3) is 32.7 Å². The summed E-state index contributed by atoms with van der Waals surface area (Å²) < 4.78 is 0. The van der Waals surface area contributed by atoms with Gasteiger partial charge in [0.15, 0.2) is 0 Å². The molecule has 0 unspecified atom stereocenters. The van der Waals surface area contributed by atoms with Crippen molar-refractivity contribution in [2.75, 3.05) is 0 Å². The average Bonchev–Trinajstić information content (AvgIpc) is 3.09. The average molecular weight is 341 g/mol. The summed E-state index contributed by atoms with van der Waals surface area (Å²) in [6, 6.07) is 37.4. The van der Waals surface area contributed by atoms with Gasteiger partial charge in [0, 0.05) is 0 Å². The molecule has 0 atom stereocenters. The van der Waals surface area contributed by atoms with Gasteiger partial charge in [0.25, 0.3) is 0 Å². The van der Waals surface area contributed by atoms with Gasteiger partial charge in [-0.1, -0.05) is 103 Å². The van der Waals surface area contributed by atoms with Crippen LogP contribution in [0.3, 0.4) is 0 Å². The van der Waals surface area contributed by atoms with Crippen molar-refractivity contribution in [3.05, 3.63) is 126 Å². The topological polar surface area (TPSA) is 0 Å². The maximum absolute atomic E-state index is 2.30. The lowest BCUT2D eigenvalue weighted by Crippen LogP contribution is -1.99. The van der Waals surface area contributed by atoms with E-state index in [9.17, 15) is 0 Å². The van der Waals surface area contributed by atoms with E-state index >= 15 is 0 Å². The second-order valence-corrected chi connectivity index (χ2v) is 7.16. The van der Waals surface area contributed by atoms with Crippen molar-refractivity contribution in [1.29, 1.82) is 0 Å². The smallest absolute Gasteiger partial charge is 0.0622 e. The van der Waals surface area contributed by atoms with Crippen LogP contribution in [0.1, 0.15) is 16.7 Å². The fourth-order valence-corrected chi connectivity index (χ4v) is 4.56. The van der Waals surface area contributed by atoms with Crippen LogP contribution in [0.5, 0.6) is 0 Å². The van der Waals surface area contributed by atoms with E-state index in [-0.39, 0.29) is 0 Å². The summed E-state index contributed by atoms with van der Waals surface area (Å²) in [5.74, 6) is 1.34. The Labute approximate surface area is 158 Å². The maximum atomic E-state index is 2.30. The highest BCUT2D eigenvalue weighted by atomic mass is 14.3. The van der Waals surface area contributed by atoms with Crippen LogP contribution >= 0.6 is 0 Å². The molecule has 0 nitrogen and oxygen atoms in total. The zero-order valence-electron chi connectivity index (χ0n) is 14.8. The Morgan fingerprint density at radius 1 is 0.370 bits per heavy atom. The summed E-state index contributed by atoms with van der Waals surface area (Å²) in [4.78, 5) is 0. The standard InChI is InChI=1S/C27H17/c1-2-10-20(11-3-1)25-23-16-14-18-8-4-6-12-21(18)26(23)27-22-13-7-5-9-19(22)15-17-24(25)27/h1-17H. The third-order valence-electron chi connectivity index (χ3n) is 5.71. The highest BCUT2D eigenvalue weighted by Crippen LogP contribution is 2.52. The minimum Gasteiger partial charge on any atom is -0.0622 e. The molecule has 125 valence electrons. The fraction of sp³-hybridized carbons (Fsp3) is 0. The number of fused-ring (bicyclic) bond motifs is 7. The molecule has 5 aromatic rings. The molecular weight excluding hydrogens is 324 g/mol. The van der Waals surface area contributed by atoms with Gasteiger partial charge in [-0.15, -0.1) is 0 Å². The van der Waals surface area contributed by atoms with Gasteiger partial charge in [0.2, 0.25) is 0 Å². The Morgan fingerprint density at radius 3 is 1.41 bits per heavy atom. The zero-order valence-corrected chi connectivity index (χ0v) is 14.8. The fourth-order valence-electron chi connectivity index (χ4n) is 4.56. The molecule has 6 rings (SSSR count). The van der Waals surface area contributed by atoms with Crippen LogP contribution in [0.4, 0.5) is 0 Å². The van der Waals surface area contributed by atoms with Crippen molar-refractivity contribution >= 4 is 21.5 Å². The number of hydrogen-bond donors (Lipinski definition) is 0. The molecule has 0 aromatic heterocycles. The van der Waals surface area contributed by atoms with Crippen LogP contribution in [0.15, 0.2) is 103 Å². The molecule has 0 N–H and O–H groups in total. The molecule has 1 aliphatic carbocycles.